The molecule has 2 unspecified atom stereocenters. The van der Waals surface area contributed by atoms with Crippen LogP contribution in [-0.4, -0.2) is 34.9 Å². The van der Waals surface area contributed by atoms with Gasteiger partial charge in [-0.15, -0.1) is 0 Å². The number of carbonyl (C=O) groups is 2. The Bertz CT molecular complexity index is 510. The van der Waals surface area contributed by atoms with E-state index in [4.69, 9.17) is 9.84 Å². The lowest BCUT2D eigenvalue weighted by Gasteiger charge is -2.17. The summed E-state index contributed by atoms with van der Waals surface area (Å²) >= 11 is 0. The molecule has 0 aliphatic carbocycles. The SMILES string of the molecule is CCCC(CCCC(C)O)COC(=O)c1ccccc1C(=O)O. The second-order valence-corrected chi connectivity index (χ2v) is 5.88. The number of ether oxygens (including phenoxy) is 1. The zero-order valence-electron chi connectivity index (χ0n) is 13.8. The van der Waals surface area contributed by atoms with Gasteiger partial charge < -0.3 is 14.9 Å². The first kappa shape index (κ1) is 19.2. The molecule has 0 aliphatic heterocycles. The average molecular weight is 322 g/mol. The van der Waals surface area contributed by atoms with E-state index in [1.807, 2.05) is 0 Å². The van der Waals surface area contributed by atoms with E-state index in [9.17, 15) is 14.7 Å². The van der Waals surface area contributed by atoms with Crippen molar-refractivity contribution in [3.05, 3.63) is 35.4 Å². The first-order valence-electron chi connectivity index (χ1n) is 8.13. The molecule has 0 bridgehead atoms. The van der Waals surface area contributed by atoms with Gasteiger partial charge in [0.15, 0.2) is 0 Å². The fourth-order valence-electron chi connectivity index (χ4n) is 2.54. The third-order valence-electron chi connectivity index (χ3n) is 3.76. The van der Waals surface area contributed by atoms with Crippen molar-refractivity contribution < 1.29 is 24.5 Å². The number of aromatic carboxylic acids is 1. The van der Waals surface area contributed by atoms with Gasteiger partial charge in [0.25, 0.3) is 0 Å². The highest BCUT2D eigenvalue weighted by molar-refractivity contribution is 6.02. The number of hydrogen-bond donors (Lipinski definition) is 2. The van der Waals surface area contributed by atoms with E-state index in [1.165, 1.54) is 12.1 Å². The van der Waals surface area contributed by atoms with Crippen molar-refractivity contribution in [1.29, 1.82) is 0 Å². The molecule has 0 saturated carbocycles. The van der Waals surface area contributed by atoms with Crippen molar-refractivity contribution in [2.24, 2.45) is 5.92 Å². The van der Waals surface area contributed by atoms with E-state index in [1.54, 1.807) is 19.1 Å². The fraction of sp³-hybridized carbons (Fsp3) is 0.556. The fourth-order valence-corrected chi connectivity index (χ4v) is 2.54. The standard InChI is InChI=1S/C18H26O5/c1-3-7-14(9-6-8-13(2)19)12-23-18(22)16-11-5-4-10-15(16)17(20)21/h4-5,10-11,13-14,19H,3,6-9,12H2,1-2H3,(H,20,21). The Kier molecular flexibility index (Phi) is 8.33. The van der Waals surface area contributed by atoms with Crippen LogP contribution < -0.4 is 0 Å². The third kappa shape index (κ3) is 6.82. The van der Waals surface area contributed by atoms with E-state index in [2.05, 4.69) is 6.92 Å². The van der Waals surface area contributed by atoms with Gasteiger partial charge in [-0.1, -0.05) is 31.9 Å². The molecule has 0 aromatic heterocycles. The number of carbonyl (C=O) groups excluding carboxylic acids is 1. The van der Waals surface area contributed by atoms with Crippen molar-refractivity contribution >= 4 is 11.9 Å². The first-order chi connectivity index (χ1) is 11.0. The van der Waals surface area contributed by atoms with E-state index in [0.29, 0.717) is 0 Å². The van der Waals surface area contributed by atoms with Gasteiger partial charge in [-0.2, -0.15) is 0 Å². The van der Waals surface area contributed by atoms with E-state index < -0.39 is 11.9 Å². The molecule has 2 atom stereocenters. The third-order valence-corrected chi connectivity index (χ3v) is 3.76. The molecular formula is C18H26O5. The van der Waals surface area contributed by atoms with Crippen molar-refractivity contribution in [1.82, 2.24) is 0 Å². The summed E-state index contributed by atoms with van der Waals surface area (Å²) in [6, 6.07) is 6.06. The van der Waals surface area contributed by atoms with Crippen LogP contribution in [0.1, 0.15) is 66.7 Å². The van der Waals surface area contributed by atoms with Gasteiger partial charge in [-0.25, -0.2) is 9.59 Å². The number of carboxylic acids is 1. The highest BCUT2D eigenvalue weighted by Gasteiger charge is 2.18. The molecule has 128 valence electrons. The Hall–Kier alpha value is -1.88. The number of carboxylic acid groups (broad SMARTS) is 1. The van der Waals surface area contributed by atoms with Crippen LogP contribution in [0.15, 0.2) is 24.3 Å². The average Bonchev–Trinajstić information content (AvgIpc) is 2.51. The number of esters is 1. The topological polar surface area (TPSA) is 83.8 Å². The van der Waals surface area contributed by atoms with Crippen LogP contribution in [0, 0.1) is 5.92 Å². The van der Waals surface area contributed by atoms with Crippen LogP contribution in [0.4, 0.5) is 0 Å². The summed E-state index contributed by atoms with van der Waals surface area (Å²) in [5.41, 5.74) is 0.0397. The van der Waals surface area contributed by atoms with E-state index in [-0.39, 0.29) is 29.8 Å². The van der Waals surface area contributed by atoms with E-state index >= 15 is 0 Å². The summed E-state index contributed by atoms with van der Waals surface area (Å²) in [6.07, 6.45) is 4.10. The minimum Gasteiger partial charge on any atom is -0.478 e. The van der Waals surface area contributed by atoms with Gasteiger partial charge in [0.1, 0.15) is 0 Å². The van der Waals surface area contributed by atoms with Crippen molar-refractivity contribution in [2.75, 3.05) is 6.61 Å². The second-order valence-electron chi connectivity index (χ2n) is 5.88. The van der Waals surface area contributed by atoms with Crippen LogP contribution in [-0.2, 0) is 4.74 Å². The summed E-state index contributed by atoms with van der Waals surface area (Å²) in [5, 5.41) is 18.4. The molecule has 0 fully saturated rings. The minimum absolute atomic E-state index is 0.0429. The van der Waals surface area contributed by atoms with Crippen molar-refractivity contribution in [3.8, 4) is 0 Å². The predicted octanol–water partition coefficient (Wildman–Crippen LogP) is 3.51. The summed E-state index contributed by atoms with van der Waals surface area (Å²) in [7, 11) is 0. The van der Waals surface area contributed by atoms with Gasteiger partial charge >= 0.3 is 11.9 Å². The molecule has 1 aromatic rings. The van der Waals surface area contributed by atoms with Gasteiger partial charge in [-0.05, 0) is 44.2 Å². The number of rotatable bonds is 10. The summed E-state index contributed by atoms with van der Waals surface area (Å²) in [5.74, 6) is -1.50. The molecule has 23 heavy (non-hydrogen) atoms. The molecule has 1 rings (SSSR count). The number of aliphatic hydroxyl groups excluding tert-OH is 1. The maximum absolute atomic E-state index is 12.1. The smallest absolute Gasteiger partial charge is 0.339 e. The van der Waals surface area contributed by atoms with Crippen molar-refractivity contribution in [2.45, 2.75) is 52.1 Å². The van der Waals surface area contributed by atoms with Gasteiger partial charge in [0.2, 0.25) is 0 Å². The molecule has 0 saturated heterocycles. The van der Waals surface area contributed by atoms with Crippen LogP contribution >= 0.6 is 0 Å². The summed E-state index contributed by atoms with van der Waals surface area (Å²) in [6.45, 7) is 4.11. The lowest BCUT2D eigenvalue weighted by Crippen LogP contribution is -2.17. The maximum atomic E-state index is 12.1. The molecule has 1 aromatic carbocycles. The molecule has 0 spiro atoms. The lowest BCUT2D eigenvalue weighted by atomic mass is 9.97. The van der Waals surface area contributed by atoms with E-state index in [0.717, 1.165) is 32.1 Å². The maximum Gasteiger partial charge on any atom is 0.339 e. The normalized spacial score (nSPS) is 13.3. The molecule has 0 amide bonds. The first-order valence-corrected chi connectivity index (χ1v) is 8.13. The van der Waals surface area contributed by atoms with Crippen molar-refractivity contribution in [3.63, 3.8) is 0 Å². The summed E-state index contributed by atoms with van der Waals surface area (Å²) < 4.78 is 5.33. The molecule has 0 heterocycles. The largest absolute Gasteiger partial charge is 0.478 e. The Balaban J connectivity index is 2.59. The zero-order chi connectivity index (χ0) is 17.2. The predicted molar refractivity (Wildman–Crippen MR) is 87.6 cm³/mol. The van der Waals surface area contributed by atoms with Gasteiger partial charge in [0.05, 0.1) is 23.8 Å². The Labute approximate surface area is 137 Å². The lowest BCUT2D eigenvalue weighted by molar-refractivity contribution is 0.0413. The Morgan fingerprint density at radius 3 is 2.35 bits per heavy atom. The van der Waals surface area contributed by atoms with Crippen LogP contribution in [0.3, 0.4) is 0 Å². The molecular weight excluding hydrogens is 296 g/mol. The highest BCUT2D eigenvalue weighted by atomic mass is 16.5. The number of aliphatic hydroxyl groups is 1. The molecule has 0 radical (unpaired) electrons. The molecule has 2 N–H and O–H groups in total. The van der Waals surface area contributed by atoms with Crippen LogP contribution in [0.2, 0.25) is 0 Å². The minimum atomic E-state index is -1.14. The summed E-state index contributed by atoms with van der Waals surface area (Å²) in [4.78, 5) is 23.3. The Morgan fingerprint density at radius 2 is 1.78 bits per heavy atom. The molecule has 0 aliphatic rings. The van der Waals surface area contributed by atoms with Gasteiger partial charge in [0, 0.05) is 0 Å². The number of benzene rings is 1. The highest BCUT2D eigenvalue weighted by Crippen LogP contribution is 2.18. The zero-order valence-corrected chi connectivity index (χ0v) is 13.8. The van der Waals surface area contributed by atoms with Crippen LogP contribution in [0.5, 0.6) is 0 Å². The quantitative estimate of drug-likeness (QED) is 0.644. The monoisotopic (exact) mass is 322 g/mol. The molecule has 5 nitrogen and oxygen atoms in total. The van der Waals surface area contributed by atoms with Gasteiger partial charge in [-0.3, -0.25) is 0 Å². The molecule has 5 heteroatoms. The Morgan fingerprint density at radius 1 is 1.13 bits per heavy atom. The number of hydrogen-bond acceptors (Lipinski definition) is 4. The second kappa shape index (κ2) is 10.0. The van der Waals surface area contributed by atoms with Crippen LogP contribution in [0.25, 0.3) is 0 Å².